The molecule has 1 amide bonds. The molecule has 0 aromatic heterocycles. The largest absolute Gasteiger partial charge is 0.340 e. The molecule has 2 N–H and O–H groups in total. The summed E-state index contributed by atoms with van der Waals surface area (Å²) in [6.45, 7) is 4.49. The van der Waals surface area contributed by atoms with Gasteiger partial charge in [0.2, 0.25) is 5.91 Å². The number of benzene rings is 1. The zero-order valence-corrected chi connectivity index (χ0v) is 13.3. The summed E-state index contributed by atoms with van der Waals surface area (Å²) in [4.78, 5) is 13.6. The first-order chi connectivity index (χ1) is 7.91. The van der Waals surface area contributed by atoms with Gasteiger partial charge in [-0.3, -0.25) is 4.79 Å². The number of hydrogen-bond acceptors (Lipinski definition) is 2. The first-order valence-corrected chi connectivity index (χ1v) is 6.46. The number of nitrogens with zero attached hydrogens (tertiary/aromatic N) is 1. The monoisotopic (exact) mass is 334 g/mol. The quantitative estimate of drug-likeness (QED) is 0.919. The number of amides is 1. The maximum atomic E-state index is 12.0. The normalized spacial score (nSPS) is 11.9. The number of carbonyl (C=O) groups is 1. The van der Waals surface area contributed by atoms with E-state index in [9.17, 15) is 4.79 Å². The molecule has 0 saturated carbocycles. The van der Waals surface area contributed by atoms with E-state index >= 15 is 0 Å². The van der Waals surface area contributed by atoms with Crippen LogP contribution in [0.5, 0.6) is 0 Å². The molecule has 102 valence electrons. The van der Waals surface area contributed by atoms with Crippen molar-refractivity contribution in [3.05, 3.63) is 34.3 Å². The Balaban J connectivity index is 0.00000289. The third-order valence-electron chi connectivity index (χ3n) is 2.69. The average Bonchev–Trinajstić information content (AvgIpc) is 2.26. The molecule has 18 heavy (non-hydrogen) atoms. The summed E-state index contributed by atoms with van der Waals surface area (Å²) < 4.78 is 1.02. The fourth-order valence-electron chi connectivity index (χ4n) is 1.53. The van der Waals surface area contributed by atoms with Gasteiger partial charge in [0.05, 0.1) is 6.04 Å². The van der Waals surface area contributed by atoms with Crippen LogP contribution in [-0.4, -0.2) is 23.9 Å². The number of rotatable bonds is 4. The minimum absolute atomic E-state index is 0. The van der Waals surface area contributed by atoms with E-state index in [2.05, 4.69) is 15.9 Å². The summed E-state index contributed by atoms with van der Waals surface area (Å²) in [5.41, 5.74) is 6.93. The Bertz CT molecular complexity index is 398. The summed E-state index contributed by atoms with van der Waals surface area (Å²) in [5, 5.41) is 0. The lowest BCUT2D eigenvalue weighted by Gasteiger charge is -2.23. The maximum absolute atomic E-state index is 12.0. The third kappa shape index (κ3) is 4.96. The Morgan fingerprint density at radius 1 is 1.44 bits per heavy atom. The molecule has 0 aliphatic heterocycles. The van der Waals surface area contributed by atoms with Crippen molar-refractivity contribution in [2.45, 2.75) is 26.4 Å². The van der Waals surface area contributed by atoms with E-state index in [1.807, 2.05) is 38.1 Å². The lowest BCUT2D eigenvalue weighted by atomic mass is 10.0. The van der Waals surface area contributed by atoms with E-state index in [0.29, 0.717) is 6.54 Å². The molecule has 3 nitrogen and oxygen atoms in total. The molecule has 0 heterocycles. The molecule has 0 saturated heterocycles. The molecule has 0 fully saturated rings. The lowest BCUT2D eigenvalue weighted by Crippen LogP contribution is -2.44. The van der Waals surface area contributed by atoms with Crippen LogP contribution in [0, 0.1) is 5.92 Å². The van der Waals surface area contributed by atoms with E-state index in [4.69, 9.17) is 5.73 Å². The second kappa shape index (κ2) is 7.77. The highest BCUT2D eigenvalue weighted by atomic mass is 79.9. The molecule has 0 bridgehead atoms. The van der Waals surface area contributed by atoms with Gasteiger partial charge in [0.25, 0.3) is 0 Å². The molecular formula is C13H20BrClN2O. The van der Waals surface area contributed by atoms with Crippen LogP contribution in [0.15, 0.2) is 28.7 Å². The van der Waals surface area contributed by atoms with Gasteiger partial charge in [-0.25, -0.2) is 0 Å². The number of hydrogen-bond donors (Lipinski definition) is 1. The summed E-state index contributed by atoms with van der Waals surface area (Å²) in [6.07, 6.45) is 0. The Hall–Kier alpha value is -0.580. The second-order valence-electron chi connectivity index (χ2n) is 4.59. The molecule has 0 unspecified atom stereocenters. The van der Waals surface area contributed by atoms with Crippen molar-refractivity contribution in [1.82, 2.24) is 4.90 Å². The average molecular weight is 336 g/mol. The van der Waals surface area contributed by atoms with Crippen LogP contribution in [0.4, 0.5) is 0 Å². The van der Waals surface area contributed by atoms with Crippen molar-refractivity contribution < 1.29 is 4.79 Å². The van der Waals surface area contributed by atoms with E-state index in [0.717, 1.165) is 10.0 Å². The highest BCUT2D eigenvalue weighted by Crippen LogP contribution is 2.13. The molecular weight excluding hydrogens is 316 g/mol. The number of likely N-dealkylation sites (N-methyl/N-ethyl adjacent to an activating group) is 1. The van der Waals surface area contributed by atoms with Crippen LogP contribution in [0.1, 0.15) is 19.4 Å². The fraction of sp³-hybridized carbons (Fsp3) is 0.462. The van der Waals surface area contributed by atoms with E-state index in [-0.39, 0.29) is 24.2 Å². The maximum Gasteiger partial charge on any atom is 0.239 e. The molecule has 0 aliphatic carbocycles. The number of nitrogens with two attached hydrogens (primary N) is 1. The molecule has 1 rings (SSSR count). The minimum Gasteiger partial charge on any atom is -0.340 e. The van der Waals surface area contributed by atoms with E-state index in [1.54, 1.807) is 11.9 Å². The van der Waals surface area contributed by atoms with Gasteiger partial charge in [0, 0.05) is 18.1 Å². The molecule has 0 radical (unpaired) electrons. The predicted molar refractivity (Wildman–Crippen MR) is 80.7 cm³/mol. The topological polar surface area (TPSA) is 46.3 Å². The molecule has 1 aromatic rings. The van der Waals surface area contributed by atoms with E-state index < -0.39 is 6.04 Å². The Morgan fingerprint density at radius 3 is 2.56 bits per heavy atom. The van der Waals surface area contributed by atoms with Gasteiger partial charge >= 0.3 is 0 Å². The van der Waals surface area contributed by atoms with Crippen LogP contribution in [0.25, 0.3) is 0 Å². The van der Waals surface area contributed by atoms with Crippen molar-refractivity contribution in [2.75, 3.05) is 7.05 Å². The second-order valence-corrected chi connectivity index (χ2v) is 5.51. The smallest absolute Gasteiger partial charge is 0.239 e. The summed E-state index contributed by atoms with van der Waals surface area (Å²) >= 11 is 3.41. The van der Waals surface area contributed by atoms with Gasteiger partial charge in [-0.1, -0.05) is 41.9 Å². The standard InChI is InChI=1S/C13H19BrN2O.ClH/c1-9(2)12(15)13(17)16(3)8-10-5-4-6-11(14)7-10;/h4-7,9,12H,8,15H2,1-3H3;1H/t12-;/m0./s1. The van der Waals surface area contributed by atoms with Crippen molar-refractivity contribution in [3.8, 4) is 0 Å². The number of halogens is 2. The number of carbonyl (C=O) groups excluding carboxylic acids is 1. The highest BCUT2D eigenvalue weighted by Gasteiger charge is 2.20. The first kappa shape index (κ1) is 17.4. The molecule has 1 atom stereocenters. The minimum atomic E-state index is -0.424. The zero-order chi connectivity index (χ0) is 13.0. The Labute approximate surface area is 123 Å². The highest BCUT2D eigenvalue weighted by molar-refractivity contribution is 9.10. The molecule has 0 aliphatic rings. The Kier molecular flexibility index (Phi) is 7.52. The van der Waals surface area contributed by atoms with Crippen LogP contribution in [0.2, 0.25) is 0 Å². The summed E-state index contributed by atoms with van der Waals surface area (Å²) in [7, 11) is 1.78. The van der Waals surface area contributed by atoms with Crippen molar-refractivity contribution in [3.63, 3.8) is 0 Å². The van der Waals surface area contributed by atoms with Crippen molar-refractivity contribution >= 4 is 34.2 Å². The predicted octanol–water partition coefficient (Wildman–Crippen LogP) is 2.81. The SMILES string of the molecule is CC(C)[C@H](N)C(=O)N(C)Cc1cccc(Br)c1.Cl. The van der Waals surface area contributed by atoms with Gasteiger partial charge in [0.15, 0.2) is 0 Å². The van der Waals surface area contributed by atoms with Gasteiger partial charge < -0.3 is 10.6 Å². The first-order valence-electron chi connectivity index (χ1n) is 5.67. The van der Waals surface area contributed by atoms with Crippen LogP contribution >= 0.6 is 28.3 Å². The van der Waals surface area contributed by atoms with Crippen molar-refractivity contribution in [1.29, 1.82) is 0 Å². The van der Waals surface area contributed by atoms with Gasteiger partial charge in [-0.05, 0) is 23.6 Å². The molecule has 1 aromatic carbocycles. The van der Waals surface area contributed by atoms with Crippen LogP contribution in [0.3, 0.4) is 0 Å². The zero-order valence-electron chi connectivity index (χ0n) is 10.9. The van der Waals surface area contributed by atoms with E-state index in [1.165, 1.54) is 0 Å². The third-order valence-corrected chi connectivity index (χ3v) is 3.18. The summed E-state index contributed by atoms with van der Waals surface area (Å²) in [5.74, 6) is 0.146. The molecule has 5 heteroatoms. The fourth-order valence-corrected chi connectivity index (χ4v) is 1.97. The molecule has 0 spiro atoms. The summed E-state index contributed by atoms with van der Waals surface area (Å²) in [6, 6.07) is 7.50. The van der Waals surface area contributed by atoms with Crippen LogP contribution in [-0.2, 0) is 11.3 Å². The van der Waals surface area contributed by atoms with Crippen LogP contribution < -0.4 is 5.73 Å². The van der Waals surface area contributed by atoms with Gasteiger partial charge in [-0.15, -0.1) is 12.4 Å². The van der Waals surface area contributed by atoms with Crippen molar-refractivity contribution in [2.24, 2.45) is 11.7 Å². The van der Waals surface area contributed by atoms with Gasteiger partial charge in [-0.2, -0.15) is 0 Å². The Morgan fingerprint density at radius 2 is 2.06 bits per heavy atom. The van der Waals surface area contributed by atoms with Gasteiger partial charge in [0.1, 0.15) is 0 Å². The lowest BCUT2D eigenvalue weighted by molar-refractivity contribution is -0.132.